The first-order chi connectivity index (χ1) is 8.74. The summed E-state index contributed by atoms with van der Waals surface area (Å²) in [7, 11) is 0. The number of hydrogen-bond acceptors (Lipinski definition) is 1. The second kappa shape index (κ2) is 7.32. The van der Waals surface area contributed by atoms with Crippen LogP contribution in [-0.2, 0) is 0 Å². The zero-order valence-electron chi connectivity index (χ0n) is 11.7. The number of thiocarbonyl (C=S) groups is 1. The molecule has 0 amide bonds. The van der Waals surface area contributed by atoms with Crippen LogP contribution in [0.3, 0.4) is 0 Å². The Kier molecular flexibility index (Phi) is 5.74. The van der Waals surface area contributed by atoms with E-state index in [0.717, 1.165) is 11.0 Å². The monoisotopic (exact) mass is 268 g/mol. The molecule has 2 aliphatic rings. The first-order valence-corrected chi connectivity index (χ1v) is 8.22. The Morgan fingerprint density at radius 3 is 2.11 bits per heavy atom. The van der Waals surface area contributed by atoms with Crippen molar-refractivity contribution in [2.75, 3.05) is 0 Å². The van der Waals surface area contributed by atoms with Gasteiger partial charge in [-0.3, -0.25) is 0 Å². The van der Waals surface area contributed by atoms with Gasteiger partial charge >= 0.3 is 0 Å². The standard InChI is InChI=1S/C15H28N2S/c1-12-6-5-9-14(11-10-12)17-15(18)16-13-7-3-2-4-8-13/h12-14H,2-11H2,1H3,(H2,16,17,18). The largest absolute Gasteiger partial charge is 0.360 e. The van der Waals surface area contributed by atoms with Crippen LogP contribution in [0.4, 0.5) is 0 Å². The lowest BCUT2D eigenvalue weighted by molar-refractivity contribution is 0.408. The summed E-state index contributed by atoms with van der Waals surface area (Å²) in [4.78, 5) is 0. The summed E-state index contributed by atoms with van der Waals surface area (Å²) in [5.41, 5.74) is 0. The van der Waals surface area contributed by atoms with E-state index in [1.165, 1.54) is 64.2 Å². The lowest BCUT2D eigenvalue weighted by Gasteiger charge is -2.26. The Labute approximate surface area is 117 Å². The van der Waals surface area contributed by atoms with Crippen LogP contribution < -0.4 is 10.6 Å². The topological polar surface area (TPSA) is 24.1 Å². The zero-order valence-corrected chi connectivity index (χ0v) is 12.5. The highest BCUT2D eigenvalue weighted by molar-refractivity contribution is 7.80. The van der Waals surface area contributed by atoms with Crippen molar-refractivity contribution < 1.29 is 0 Å². The summed E-state index contributed by atoms with van der Waals surface area (Å²) >= 11 is 5.47. The third-order valence-electron chi connectivity index (χ3n) is 4.53. The molecule has 0 bridgehead atoms. The van der Waals surface area contributed by atoms with Gasteiger partial charge in [-0.2, -0.15) is 0 Å². The number of rotatable bonds is 2. The molecule has 0 spiro atoms. The lowest BCUT2D eigenvalue weighted by Crippen LogP contribution is -2.46. The lowest BCUT2D eigenvalue weighted by atomic mass is 9.96. The van der Waals surface area contributed by atoms with Gasteiger partial charge in [-0.1, -0.05) is 39.0 Å². The van der Waals surface area contributed by atoms with E-state index in [-0.39, 0.29) is 0 Å². The number of hydrogen-bond donors (Lipinski definition) is 2. The van der Waals surface area contributed by atoms with Gasteiger partial charge in [0.25, 0.3) is 0 Å². The van der Waals surface area contributed by atoms with E-state index in [1.54, 1.807) is 0 Å². The van der Waals surface area contributed by atoms with E-state index < -0.39 is 0 Å². The molecule has 0 heterocycles. The minimum Gasteiger partial charge on any atom is -0.360 e. The van der Waals surface area contributed by atoms with Gasteiger partial charge in [-0.15, -0.1) is 0 Å². The Hall–Kier alpha value is -0.310. The van der Waals surface area contributed by atoms with E-state index in [4.69, 9.17) is 12.2 Å². The predicted molar refractivity (Wildman–Crippen MR) is 81.8 cm³/mol. The van der Waals surface area contributed by atoms with Gasteiger partial charge in [0, 0.05) is 12.1 Å². The van der Waals surface area contributed by atoms with E-state index in [9.17, 15) is 0 Å². The number of nitrogens with one attached hydrogen (secondary N) is 2. The highest BCUT2D eigenvalue weighted by Gasteiger charge is 2.18. The fourth-order valence-corrected chi connectivity index (χ4v) is 3.62. The molecule has 2 atom stereocenters. The molecule has 2 rings (SSSR count). The van der Waals surface area contributed by atoms with Crippen LogP contribution in [0.25, 0.3) is 0 Å². The Bertz CT molecular complexity index is 261. The van der Waals surface area contributed by atoms with E-state index >= 15 is 0 Å². The molecule has 3 heteroatoms. The summed E-state index contributed by atoms with van der Waals surface area (Å²) in [6.07, 6.45) is 13.4. The maximum absolute atomic E-state index is 5.47. The smallest absolute Gasteiger partial charge is 0.166 e. The van der Waals surface area contributed by atoms with Crippen molar-refractivity contribution in [2.45, 2.75) is 83.2 Å². The quantitative estimate of drug-likeness (QED) is 0.589. The molecule has 2 N–H and O–H groups in total. The van der Waals surface area contributed by atoms with Gasteiger partial charge in [0.1, 0.15) is 0 Å². The Morgan fingerprint density at radius 2 is 1.39 bits per heavy atom. The van der Waals surface area contributed by atoms with Gasteiger partial charge in [0.2, 0.25) is 0 Å². The third kappa shape index (κ3) is 4.75. The summed E-state index contributed by atoms with van der Waals surface area (Å²) in [6, 6.07) is 1.24. The van der Waals surface area contributed by atoms with Crippen LogP contribution in [0.15, 0.2) is 0 Å². The van der Waals surface area contributed by atoms with E-state index in [0.29, 0.717) is 12.1 Å². The average Bonchev–Trinajstić information content (AvgIpc) is 2.56. The average molecular weight is 268 g/mol. The van der Waals surface area contributed by atoms with Gasteiger partial charge in [-0.25, -0.2) is 0 Å². The van der Waals surface area contributed by atoms with E-state index in [1.807, 2.05) is 0 Å². The minimum absolute atomic E-state index is 0.610. The van der Waals surface area contributed by atoms with Crippen molar-refractivity contribution in [3.63, 3.8) is 0 Å². The normalized spacial score (nSPS) is 30.5. The van der Waals surface area contributed by atoms with Crippen LogP contribution in [0.5, 0.6) is 0 Å². The first-order valence-electron chi connectivity index (χ1n) is 7.81. The Morgan fingerprint density at radius 1 is 0.778 bits per heavy atom. The maximum atomic E-state index is 5.47. The van der Waals surface area contributed by atoms with Crippen LogP contribution >= 0.6 is 12.2 Å². The molecule has 0 aromatic carbocycles. The van der Waals surface area contributed by atoms with Crippen molar-refractivity contribution >= 4 is 17.3 Å². The molecule has 2 nitrogen and oxygen atoms in total. The van der Waals surface area contributed by atoms with Crippen LogP contribution in [0.2, 0.25) is 0 Å². The molecule has 0 aromatic rings. The van der Waals surface area contributed by atoms with Crippen molar-refractivity contribution in [3.05, 3.63) is 0 Å². The highest BCUT2D eigenvalue weighted by atomic mass is 32.1. The van der Waals surface area contributed by atoms with Gasteiger partial charge in [-0.05, 0) is 50.2 Å². The molecule has 2 unspecified atom stereocenters. The van der Waals surface area contributed by atoms with Crippen molar-refractivity contribution in [1.29, 1.82) is 0 Å². The summed E-state index contributed by atoms with van der Waals surface area (Å²) in [6.45, 7) is 2.38. The fraction of sp³-hybridized carbons (Fsp3) is 0.933. The predicted octanol–water partition coefficient (Wildman–Crippen LogP) is 3.75. The summed E-state index contributed by atoms with van der Waals surface area (Å²) in [5, 5.41) is 7.97. The molecule has 0 aromatic heterocycles. The summed E-state index contributed by atoms with van der Waals surface area (Å²) in [5.74, 6) is 0.900. The first kappa shape index (κ1) is 14.1. The van der Waals surface area contributed by atoms with Crippen LogP contribution in [0, 0.1) is 5.92 Å². The Balaban J connectivity index is 1.69. The van der Waals surface area contributed by atoms with Crippen molar-refractivity contribution in [3.8, 4) is 0 Å². The maximum Gasteiger partial charge on any atom is 0.166 e. The van der Waals surface area contributed by atoms with Gasteiger partial charge < -0.3 is 10.6 Å². The second-order valence-electron chi connectivity index (χ2n) is 6.26. The molecule has 2 saturated carbocycles. The highest BCUT2D eigenvalue weighted by Crippen LogP contribution is 2.22. The third-order valence-corrected chi connectivity index (χ3v) is 4.77. The zero-order chi connectivity index (χ0) is 12.8. The van der Waals surface area contributed by atoms with Crippen molar-refractivity contribution in [2.24, 2.45) is 5.92 Å². The summed E-state index contributed by atoms with van der Waals surface area (Å²) < 4.78 is 0. The fourth-order valence-electron chi connectivity index (χ4n) is 3.29. The SMILES string of the molecule is CC1CCCC(NC(=S)NC2CCCCC2)CC1. The van der Waals surface area contributed by atoms with Gasteiger partial charge in [0.05, 0.1) is 0 Å². The minimum atomic E-state index is 0.610. The molecule has 18 heavy (non-hydrogen) atoms. The molecule has 2 fully saturated rings. The second-order valence-corrected chi connectivity index (χ2v) is 6.67. The molecular formula is C15H28N2S. The molecular weight excluding hydrogens is 240 g/mol. The molecule has 104 valence electrons. The van der Waals surface area contributed by atoms with Crippen LogP contribution in [0.1, 0.15) is 71.1 Å². The van der Waals surface area contributed by atoms with Crippen LogP contribution in [-0.4, -0.2) is 17.2 Å². The van der Waals surface area contributed by atoms with E-state index in [2.05, 4.69) is 17.6 Å². The van der Waals surface area contributed by atoms with Crippen molar-refractivity contribution in [1.82, 2.24) is 10.6 Å². The van der Waals surface area contributed by atoms with Gasteiger partial charge in [0.15, 0.2) is 5.11 Å². The molecule has 0 radical (unpaired) electrons. The molecule has 0 aliphatic heterocycles. The molecule has 2 aliphatic carbocycles. The molecule has 0 saturated heterocycles.